The molecule has 0 radical (unpaired) electrons. The lowest BCUT2D eigenvalue weighted by Crippen LogP contribution is -2.21. The van der Waals surface area contributed by atoms with Crippen LogP contribution in [0.25, 0.3) is 5.65 Å². The van der Waals surface area contributed by atoms with Gasteiger partial charge in [0, 0.05) is 37.2 Å². The van der Waals surface area contributed by atoms with E-state index in [-0.39, 0.29) is 29.3 Å². The lowest BCUT2D eigenvalue weighted by molar-refractivity contribution is -0.138. The van der Waals surface area contributed by atoms with E-state index < -0.39 is 11.7 Å². The molecular formula is C20H21F3N4O2. The molecule has 1 fully saturated rings. The van der Waals surface area contributed by atoms with Crippen LogP contribution in [0.1, 0.15) is 46.7 Å². The third-order valence-electron chi connectivity index (χ3n) is 5.52. The number of fused-ring (bicyclic) bond motifs is 1. The minimum Gasteiger partial charge on any atom is -0.384 e. The van der Waals surface area contributed by atoms with Crippen molar-refractivity contribution in [2.75, 3.05) is 18.9 Å². The molecule has 2 aromatic heterocycles. The van der Waals surface area contributed by atoms with E-state index in [4.69, 9.17) is 10.5 Å². The first-order chi connectivity index (χ1) is 13.8. The van der Waals surface area contributed by atoms with Gasteiger partial charge >= 0.3 is 6.18 Å². The number of H-pyrrole nitrogens is 1. The summed E-state index contributed by atoms with van der Waals surface area (Å²) >= 11 is 0. The molecule has 0 atom stereocenters. The van der Waals surface area contributed by atoms with Gasteiger partial charge in [0.15, 0.2) is 5.65 Å². The molecule has 0 aliphatic carbocycles. The Kier molecular flexibility index (Phi) is 4.85. The second kappa shape index (κ2) is 7.22. The SMILES string of the molecule is Cc1c(Cc2c(N)[nH]n3c(=O)cc(C4CCOCC4)nc23)cccc1C(F)(F)F. The Labute approximate surface area is 164 Å². The van der Waals surface area contributed by atoms with Crippen LogP contribution in [-0.2, 0) is 17.3 Å². The highest BCUT2D eigenvalue weighted by Gasteiger charge is 2.33. The molecule has 1 aliphatic rings. The molecule has 1 aliphatic heterocycles. The number of aromatic nitrogens is 3. The highest BCUT2D eigenvalue weighted by Crippen LogP contribution is 2.34. The van der Waals surface area contributed by atoms with Gasteiger partial charge in [-0.2, -0.15) is 17.7 Å². The zero-order valence-electron chi connectivity index (χ0n) is 15.8. The summed E-state index contributed by atoms with van der Waals surface area (Å²) < 4.78 is 46.4. The summed E-state index contributed by atoms with van der Waals surface area (Å²) in [6, 6.07) is 5.55. The smallest absolute Gasteiger partial charge is 0.384 e. The fourth-order valence-electron chi connectivity index (χ4n) is 3.87. The van der Waals surface area contributed by atoms with Gasteiger partial charge in [-0.1, -0.05) is 12.1 Å². The maximum atomic E-state index is 13.3. The molecule has 6 nitrogen and oxygen atoms in total. The van der Waals surface area contributed by atoms with Crippen molar-refractivity contribution in [1.29, 1.82) is 0 Å². The zero-order valence-corrected chi connectivity index (χ0v) is 15.8. The fourth-order valence-corrected chi connectivity index (χ4v) is 3.87. The average Bonchev–Trinajstić information content (AvgIpc) is 2.99. The van der Waals surface area contributed by atoms with E-state index in [9.17, 15) is 18.0 Å². The summed E-state index contributed by atoms with van der Waals surface area (Å²) in [5, 5.41) is 2.78. The molecule has 0 bridgehead atoms. The van der Waals surface area contributed by atoms with Gasteiger partial charge in [0.1, 0.15) is 5.82 Å². The van der Waals surface area contributed by atoms with Gasteiger partial charge in [0.2, 0.25) is 0 Å². The molecule has 4 rings (SSSR count). The van der Waals surface area contributed by atoms with Gasteiger partial charge in [-0.15, -0.1) is 0 Å². The average molecular weight is 406 g/mol. The van der Waals surface area contributed by atoms with Gasteiger partial charge in [-0.3, -0.25) is 9.89 Å². The van der Waals surface area contributed by atoms with Crippen LogP contribution in [0.5, 0.6) is 0 Å². The number of hydrogen-bond acceptors (Lipinski definition) is 4. The Bertz CT molecular complexity index is 1110. The number of aromatic amines is 1. The largest absolute Gasteiger partial charge is 0.416 e. The standard InChI is InChI=1S/C20H21F3N4O2/c1-11-13(3-2-4-15(11)20(21,22)23)9-14-18(24)26-27-17(28)10-16(25-19(14)27)12-5-7-29-8-6-12/h2-4,10,12,26H,5-9,24H2,1H3. The van der Waals surface area contributed by atoms with Gasteiger partial charge in [-0.25, -0.2) is 4.98 Å². The predicted molar refractivity (Wildman–Crippen MR) is 102 cm³/mol. The highest BCUT2D eigenvalue weighted by atomic mass is 19.4. The number of nitrogens with one attached hydrogen (secondary N) is 1. The number of benzene rings is 1. The number of nitrogens with two attached hydrogens (primary N) is 1. The summed E-state index contributed by atoms with van der Waals surface area (Å²) in [6.07, 6.45) is -2.76. The summed E-state index contributed by atoms with van der Waals surface area (Å²) in [5.41, 5.74) is 7.26. The van der Waals surface area contributed by atoms with Crippen LogP contribution in [0.3, 0.4) is 0 Å². The van der Waals surface area contributed by atoms with Crippen LogP contribution in [0.15, 0.2) is 29.1 Å². The zero-order chi connectivity index (χ0) is 20.8. The van der Waals surface area contributed by atoms with Crippen LogP contribution in [0.4, 0.5) is 19.0 Å². The summed E-state index contributed by atoms with van der Waals surface area (Å²) in [4.78, 5) is 17.2. The van der Waals surface area contributed by atoms with Crippen molar-refractivity contribution in [3.8, 4) is 0 Å². The van der Waals surface area contributed by atoms with Crippen molar-refractivity contribution in [3.05, 3.63) is 62.6 Å². The van der Waals surface area contributed by atoms with E-state index in [1.807, 2.05) is 0 Å². The Balaban J connectivity index is 1.79. The van der Waals surface area contributed by atoms with Crippen LogP contribution in [0.2, 0.25) is 0 Å². The first kappa shape index (κ1) is 19.5. The number of nitrogens with zero attached hydrogens (tertiary/aromatic N) is 2. The first-order valence-electron chi connectivity index (χ1n) is 9.39. The lowest BCUT2D eigenvalue weighted by atomic mass is 9.95. The topological polar surface area (TPSA) is 85.4 Å². The van der Waals surface area contributed by atoms with E-state index in [1.165, 1.54) is 23.6 Å². The van der Waals surface area contributed by atoms with Gasteiger partial charge in [0.25, 0.3) is 5.56 Å². The van der Waals surface area contributed by atoms with Crippen LogP contribution in [0, 0.1) is 6.92 Å². The molecule has 1 saturated heterocycles. The number of ether oxygens (including phenoxy) is 1. The molecule has 0 saturated carbocycles. The van der Waals surface area contributed by atoms with Crippen LogP contribution in [-0.4, -0.2) is 27.8 Å². The minimum absolute atomic E-state index is 0.112. The number of hydrogen-bond donors (Lipinski definition) is 2. The van der Waals surface area contributed by atoms with Crippen molar-refractivity contribution in [3.63, 3.8) is 0 Å². The maximum absolute atomic E-state index is 13.3. The van der Waals surface area contributed by atoms with Crippen molar-refractivity contribution >= 4 is 11.5 Å². The Hall–Kier alpha value is -2.81. The number of alkyl halides is 3. The Morgan fingerprint density at radius 1 is 1.31 bits per heavy atom. The molecule has 0 unspecified atom stereocenters. The van der Waals surface area contributed by atoms with Crippen molar-refractivity contribution < 1.29 is 17.9 Å². The van der Waals surface area contributed by atoms with E-state index >= 15 is 0 Å². The van der Waals surface area contributed by atoms with E-state index in [0.29, 0.717) is 35.7 Å². The number of halogens is 3. The molecule has 3 aromatic rings. The quantitative estimate of drug-likeness (QED) is 0.698. The third-order valence-corrected chi connectivity index (χ3v) is 5.52. The molecule has 0 amide bonds. The fraction of sp³-hybridized carbons (Fsp3) is 0.400. The van der Waals surface area contributed by atoms with E-state index in [1.54, 1.807) is 6.07 Å². The van der Waals surface area contributed by atoms with Crippen molar-refractivity contribution in [1.82, 2.24) is 14.6 Å². The monoisotopic (exact) mass is 406 g/mol. The van der Waals surface area contributed by atoms with Crippen LogP contribution >= 0.6 is 0 Å². The second-order valence-corrected chi connectivity index (χ2v) is 7.33. The molecule has 29 heavy (non-hydrogen) atoms. The highest BCUT2D eigenvalue weighted by molar-refractivity contribution is 5.61. The first-order valence-corrected chi connectivity index (χ1v) is 9.39. The summed E-state index contributed by atoms with van der Waals surface area (Å²) in [5.74, 6) is 0.330. The van der Waals surface area contributed by atoms with Crippen LogP contribution < -0.4 is 11.3 Å². The number of anilines is 1. The molecule has 0 spiro atoms. The molecule has 154 valence electrons. The molecule has 1 aromatic carbocycles. The normalized spacial score (nSPS) is 15.9. The minimum atomic E-state index is -4.43. The third kappa shape index (κ3) is 3.62. The predicted octanol–water partition coefficient (Wildman–Crippen LogP) is 3.42. The van der Waals surface area contributed by atoms with Gasteiger partial charge in [0.05, 0.1) is 11.3 Å². The van der Waals surface area contributed by atoms with E-state index in [2.05, 4.69) is 10.1 Å². The maximum Gasteiger partial charge on any atom is 0.416 e. The van der Waals surface area contributed by atoms with Gasteiger partial charge in [-0.05, 0) is 37.0 Å². The lowest BCUT2D eigenvalue weighted by Gasteiger charge is -2.21. The number of nitrogen functional groups attached to an aromatic ring is 1. The summed E-state index contributed by atoms with van der Waals surface area (Å²) in [7, 11) is 0. The number of rotatable bonds is 3. The summed E-state index contributed by atoms with van der Waals surface area (Å²) in [6.45, 7) is 2.66. The molecular weight excluding hydrogens is 385 g/mol. The Morgan fingerprint density at radius 3 is 2.72 bits per heavy atom. The van der Waals surface area contributed by atoms with Gasteiger partial charge < -0.3 is 10.5 Å². The molecule has 3 N–H and O–H groups in total. The Morgan fingerprint density at radius 2 is 2.03 bits per heavy atom. The van der Waals surface area contributed by atoms with Crippen molar-refractivity contribution in [2.24, 2.45) is 0 Å². The van der Waals surface area contributed by atoms with E-state index in [0.717, 1.165) is 18.9 Å². The molecule has 3 heterocycles. The van der Waals surface area contributed by atoms with Crippen molar-refractivity contribution in [2.45, 2.75) is 38.3 Å². The molecule has 9 heteroatoms. The second-order valence-electron chi connectivity index (χ2n) is 7.33.